The molecule has 4 rings (SSSR count). The third-order valence-electron chi connectivity index (χ3n) is 14.0. The molecular weight excluding hydrogens is 470 g/mol. The summed E-state index contributed by atoms with van der Waals surface area (Å²) in [5, 5.41) is 0. The third kappa shape index (κ3) is 6.96. The monoisotopic (exact) mass is 542 g/mol. The van der Waals surface area contributed by atoms with Gasteiger partial charge in [-0.1, -0.05) is 125 Å². The molecule has 0 aromatic rings. The summed E-state index contributed by atoms with van der Waals surface area (Å²) >= 11 is 0. The van der Waals surface area contributed by atoms with Crippen molar-refractivity contribution >= 4 is 0 Å². The summed E-state index contributed by atoms with van der Waals surface area (Å²) in [5.41, 5.74) is 8.65. The van der Waals surface area contributed by atoms with Crippen molar-refractivity contribution in [1.82, 2.24) is 0 Å². The van der Waals surface area contributed by atoms with Crippen LogP contribution >= 0.6 is 0 Å². The SMILES string of the molecule is CCCCCCCCCCC[C@@H]1CC[C@]2(C)C3CC[C@@]4(C)C(CC[C@@H]4C(C)CCCC(C)C)C3CC[C@@]2(N)C1. The van der Waals surface area contributed by atoms with Gasteiger partial charge in [0.2, 0.25) is 0 Å². The van der Waals surface area contributed by atoms with Crippen molar-refractivity contribution < 1.29 is 0 Å². The van der Waals surface area contributed by atoms with Gasteiger partial charge in [0.25, 0.3) is 0 Å². The number of nitrogens with two attached hydrogens (primary N) is 1. The second-order valence-electron chi connectivity index (χ2n) is 16.7. The Balaban J connectivity index is 1.27. The smallest absolute Gasteiger partial charge is 0.0214 e. The van der Waals surface area contributed by atoms with Gasteiger partial charge in [-0.15, -0.1) is 0 Å². The van der Waals surface area contributed by atoms with Crippen molar-refractivity contribution in [1.29, 1.82) is 0 Å². The molecule has 0 saturated heterocycles. The summed E-state index contributed by atoms with van der Waals surface area (Å²) in [6.45, 7) is 15.2. The molecule has 4 saturated carbocycles. The van der Waals surface area contributed by atoms with Crippen LogP contribution in [0, 0.1) is 52.3 Å². The molecule has 0 aromatic carbocycles. The van der Waals surface area contributed by atoms with E-state index >= 15 is 0 Å². The average Bonchev–Trinajstić information content (AvgIpc) is 3.25. The van der Waals surface area contributed by atoms with E-state index in [0.717, 1.165) is 41.4 Å². The van der Waals surface area contributed by atoms with Crippen molar-refractivity contribution in [2.24, 2.45) is 58.0 Å². The molecule has 4 fully saturated rings. The normalized spacial score (nSPS) is 40.8. The van der Waals surface area contributed by atoms with E-state index in [-0.39, 0.29) is 5.54 Å². The average molecular weight is 542 g/mol. The molecule has 228 valence electrons. The maximum Gasteiger partial charge on any atom is 0.0214 e. The minimum atomic E-state index is 0.117. The van der Waals surface area contributed by atoms with Gasteiger partial charge in [0.1, 0.15) is 0 Å². The Kier molecular flexibility index (Phi) is 11.4. The van der Waals surface area contributed by atoms with E-state index < -0.39 is 0 Å². The highest BCUT2D eigenvalue weighted by Crippen LogP contribution is 2.69. The minimum Gasteiger partial charge on any atom is -0.325 e. The summed E-state index contributed by atoms with van der Waals surface area (Å²) in [6, 6.07) is 0. The summed E-state index contributed by atoms with van der Waals surface area (Å²) in [6.07, 6.45) is 31.8. The van der Waals surface area contributed by atoms with Gasteiger partial charge < -0.3 is 5.73 Å². The molecule has 4 unspecified atom stereocenters. The highest BCUT2D eigenvalue weighted by molar-refractivity contribution is 5.16. The highest BCUT2D eigenvalue weighted by Gasteiger charge is 2.63. The Morgan fingerprint density at radius 3 is 2.08 bits per heavy atom. The number of rotatable bonds is 15. The summed E-state index contributed by atoms with van der Waals surface area (Å²) in [7, 11) is 0. The predicted molar refractivity (Wildman–Crippen MR) is 172 cm³/mol. The van der Waals surface area contributed by atoms with Crippen LogP contribution in [0.5, 0.6) is 0 Å². The van der Waals surface area contributed by atoms with Gasteiger partial charge in [0.15, 0.2) is 0 Å². The molecule has 1 heteroatoms. The quantitative estimate of drug-likeness (QED) is 0.205. The van der Waals surface area contributed by atoms with Gasteiger partial charge in [-0.05, 0) is 110 Å². The van der Waals surface area contributed by atoms with Crippen LogP contribution in [0.4, 0.5) is 0 Å². The Morgan fingerprint density at radius 1 is 0.692 bits per heavy atom. The zero-order valence-corrected chi connectivity index (χ0v) is 27.7. The molecule has 1 nitrogen and oxygen atoms in total. The predicted octanol–water partition coefficient (Wildman–Crippen LogP) is 11.7. The Bertz CT molecular complexity index is 728. The molecule has 0 spiro atoms. The molecule has 2 N–H and O–H groups in total. The van der Waals surface area contributed by atoms with Crippen LogP contribution in [-0.4, -0.2) is 5.54 Å². The maximum absolute atomic E-state index is 7.53. The standard InChI is InChI=1S/C38H71N/c1-7-8-9-10-11-12-13-14-15-19-31-22-26-37(6)35-24-25-36(5)33(30(4)18-16-17-29(2)3)20-21-34(36)32(35)23-27-38(37,39)28-31/h29-35H,7-28,39H2,1-6H3/t30?,31-,32?,33-,34?,35?,36-,37-,38-/m1/s1. The van der Waals surface area contributed by atoms with E-state index in [9.17, 15) is 0 Å². The lowest BCUT2D eigenvalue weighted by atomic mass is 9.41. The molecule has 4 aliphatic rings. The first kappa shape index (κ1) is 31.9. The maximum atomic E-state index is 7.53. The second-order valence-corrected chi connectivity index (χ2v) is 16.7. The van der Waals surface area contributed by atoms with E-state index in [4.69, 9.17) is 5.73 Å². The van der Waals surface area contributed by atoms with Crippen molar-refractivity contribution in [3.63, 3.8) is 0 Å². The zero-order chi connectivity index (χ0) is 28.1. The zero-order valence-electron chi connectivity index (χ0n) is 27.7. The molecule has 39 heavy (non-hydrogen) atoms. The van der Waals surface area contributed by atoms with Crippen LogP contribution in [0.25, 0.3) is 0 Å². The Labute approximate surface area is 246 Å². The second kappa shape index (κ2) is 14.0. The number of unbranched alkanes of at least 4 members (excludes halogenated alkanes) is 8. The van der Waals surface area contributed by atoms with Crippen LogP contribution in [0.3, 0.4) is 0 Å². The van der Waals surface area contributed by atoms with Crippen LogP contribution in [-0.2, 0) is 0 Å². The van der Waals surface area contributed by atoms with Crippen LogP contribution < -0.4 is 5.73 Å². The fourth-order valence-corrected chi connectivity index (χ4v) is 11.5. The van der Waals surface area contributed by atoms with Gasteiger partial charge in [0, 0.05) is 5.54 Å². The minimum absolute atomic E-state index is 0.117. The number of hydrogen-bond acceptors (Lipinski definition) is 1. The molecule has 0 radical (unpaired) electrons. The summed E-state index contributed by atoms with van der Waals surface area (Å²) in [4.78, 5) is 0. The first-order valence-corrected chi connectivity index (χ1v) is 18.4. The summed E-state index contributed by atoms with van der Waals surface area (Å²) in [5.74, 6) is 6.50. The van der Waals surface area contributed by atoms with Crippen LogP contribution in [0.2, 0.25) is 0 Å². The summed E-state index contributed by atoms with van der Waals surface area (Å²) < 4.78 is 0. The third-order valence-corrected chi connectivity index (χ3v) is 14.0. The molecule has 0 aliphatic heterocycles. The topological polar surface area (TPSA) is 26.0 Å². The lowest BCUT2D eigenvalue weighted by Crippen LogP contribution is -2.66. The van der Waals surface area contributed by atoms with Crippen molar-refractivity contribution in [2.75, 3.05) is 0 Å². The van der Waals surface area contributed by atoms with Crippen LogP contribution in [0.1, 0.15) is 183 Å². The first-order chi connectivity index (χ1) is 18.6. The van der Waals surface area contributed by atoms with E-state index in [2.05, 4.69) is 41.5 Å². The largest absolute Gasteiger partial charge is 0.325 e. The lowest BCUT2D eigenvalue weighted by molar-refractivity contribution is -0.132. The van der Waals surface area contributed by atoms with E-state index in [0.29, 0.717) is 10.8 Å². The molecule has 0 aromatic heterocycles. The molecular formula is C38H71N. The van der Waals surface area contributed by atoms with Gasteiger partial charge in [-0.3, -0.25) is 0 Å². The van der Waals surface area contributed by atoms with Crippen molar-refractivity contribution in [3.05, 3.63) is 0 Å². The Morgan fingerprint density at radius 2 is 1.38 bits per heavy atom. The molecule has 0 amide bonds. The van der Waals surface area contributed by atoms with Crippen LogP contribution in [0.15, 0.2) is 0 Å². The van der Waals surface area contributed by atoms with Gasteiger partial charge in [0.05, 0.1) is 0 Å². The molecule has 4 aliphatic carbocycles. The van der Waals surface area contributed by atoms with Crippen molar-refractivity contribution in [3.8, 4) is 0 Å². The Hall–Kier alpha value is -0.0400. The van der Waals surface area contributed by atoms with Crippen molar-refractivity contribution in [2.45, 2.75) is 188 Å². The number of hydrogen-bond donors (Lipinski definition) is 1. The molecule has 0 heterocycles. The van der Waals surface area contributed by atoms with Gasteiger partial charge in [-0.2, -0.15) is 0 Å². The fraction of sp³-hybridized carbons (Fsp3) is 1.00. The van der Waals surface area contributed by atoms with Gasteiger partial charge in [-0.25, -0.2) is 0 Å². The number of fused-ring (bicyclic) bond motifs is 5. The molecule has 9 atom stereocenters. The van der Waals surface area contributed by atoms with Gasteiger partial charge >= 0.3 is 0 Å². The fourth-order valence-electron chi connectivity index (χ4n) is 11.5. The highest BCUT2D eigenvalue weighted by atomic mass is 14.8. The first-order valence-electron chi connectivity index (χ1n) is 18.4. The lowest BCUT2D eigenvalue weighted by Gasteiger charge is -2.65. The van der Waals surface area contributed by atoms with E-state index in [1.807, 2.05) is 0 Å². The van der Waals surface area contributed by atoms with E-state index in [1.54, 1.807) is 0 Å². The van der Waals surface area contributed by atoms with E-state index in [1.165, 1.54) is 141 Å². The molecule has 0 bridgehead atoms.